The van der Waals surface area contributed by atoms with E-state index in [0.717, 1.165) is 32.6 Å². The van der Waals surface area contributed by atoms with Crippen LogP contribution in [0.5, 0.6) is 0 Å². The molecule has 2 atom stereocenters. The van der Waals surface area contributed by atoms with E-state index in [2.05, 4.69) is 37.9 Å². The Morgan fingerprint density at radius 2 is 1.80 bits per heavy atom. The van der Waals surface area contributed by atoms with E-state index in [1.807, 2.05) is 0 Å². The first-order valence-electron chi connectivity index (χ1n) is 6.26. The third kappa shape index (κ3) is 6.13. The molecule has 0 fully saturated rings. The average Bonchev–Trinajstić information content (AvgIpc) is 2.28. The molecule has 0 aromatic rings. The Labute approximate surface area is 94.9 Å². The molecule has 15 heavy (non-hydrogen) atoms. The molecule has 0 aliphatic carbocycles. The number of nitrogens with one attached hydrogen (secondary N) is 1. The van der Waals surface area contributed by atoms with Gasteiger partial charge in [-0.25, -0.2) is 0 Å². The van der Waals surface area contributed by atoms with E-state index in [1.165, 1.54) is 0 Å². The third-order valence-electron chi connectivity index (χ3n) is 3.26. The zero-order chi connectivity index (χ0) is 11.7. The van der Waals surface area contributed by atoms with Gasteiger partial charge in [-0.15, -0.1) is 0 Å². The topological polar surface area (TPSA) is 35.5 Å². The molecule has 0 aliphatic heterocycles. The molecule has 0 aromatic carbocycles. The zero-order valence-corrected chi connectivity index (χ0v) is 10.8. The maximum atomic E-state index is 9.23. The van der Waals surface area contributed by atoms with Crippen LogP contribution in [0.15, 0.2) is 0 Å². The van der Waals surface area contributed by atoms with Crippen LogP contribution in [0.1, 0.15) is 34.1 Å². The first-order valence-corrected chi connectivity index (χ1v) is 6.26. The van der Waals surface area contributed by atoms with E-state index < -0.39 is 0 Å². The minimum Gasteiger partial charge on any atom is -0.395 e. The molecular formula is C12H28N2O. The van der Waals surface area contributed by atoms with Crippen molar-refractivity contribution in [2.45, 2.75) is 40.2 Å². The van der Waals surface area contributed by atoms with Crippen LogP contribution in [0.4, 0.5) is 0 Å². The molecular weight excluding hydrogens is 188 g/mol. The van der Waals surface area contributed by atoms with Crippen molar-refractivity contribution >= 4 is 0 Å². The van der Waals surface area contributed by atoms with Crippen molar-refractivity contribution in [3.63, 3.8) is 0 Å². The SMILES string of the molecule is CCC(C)C(CO)NCCN(CC)CC. The maximum absolute atomic E-state index is 9.23. The summed E-state index contributed by atoms with van der Waals surface area (Å²) in [6.07, 6.45) is 1.11. The monoisotopic (exact) mass is 216 g/mol. The summed E-state index contributed by atoms with van der Waals surface area (Å²) in [7, 11) is 0. The van der Waals surface area contributed by atoms with E-state index in [0.29, 0.717) is 5.92 Å². The molecule has 0 radical (unpaired) electrons. The highest BCUT2D eigenvalue weighted by atomic mass is 16.3. The molecule has 2 unspecified atom stereocenters. The van der Waals surface area contributed by atoms with E-state index in [9.17, 15) is 5.11 Å². The molecule has 0 saturated heterocycles. The molecule has 0 bridgehead atoms. The van der Waals surface area contributed by atoms with Gasteiger partial charge in [-0.1, -0.05) is 34.1 Å². The summed E-state index contributed by atoms with van der Waals surface area (Å²) in [4.78, 5) is 2.39. The highest BCUT2D eigenvalue weighted by Gasteiger charge is 2.13. The first kappa shape index (κ1) is 14.9. The van der Waals surface area contributed by atoms with Crippen LogP contribution in [0, 0.1) is 5.92 Å². The largest absolute Gasteiger partial charge is 0.395 e. The van der Waals surface area contributed by atoms with Crippen molar-refractivity contribution in [2.24, 2.45) is 5.92 Å². The number of aliphatic hydroxyl groups is 1. The molecule has 3 heteroatoms. The fraction of sp³-hybridized carbons (Fsp3) is 1.00. The lowest BCUT2D eigenvalue weighted by atomic mass is 10.00. The van der Waals surface area contributed by atoms with Gasteiger partial charge in [-0.05, 0) is 19.0 Å². The molecule has 0 heterocycles. The van der Waals surface area contributed by atoms with Crippen LogP contribution in [0.2, 0.25) is 0 Å². The molecule has 2 N–H and O–H groups in total. The Kier molecular flexibility index (Phi) is 9.06. The van der Waals surface area contributed by atoms with Gasteiger partial charge in [0.2, 0.25) is 0 Å². The summed E-state index contributed by atoms with van der Waals surface area (Å²) >= 11 is 0. The Morgan fingerprint density at radius 1 is 1.20 bits per heavy atom. The standard InChI is InChI=1S/C12H28N2O/c1-5-11(4)12(10-15)13-8-9-14(6-2)7-3/h11-13,15H,5-10H2,1-4H3. The molecule has 3 nitrogen and oxygen atoms in total. The van der Waals surface area contributed by atoms with Crippen LogP contribution in [-0.4, -0.2) is 48.8 Å². The minimum atomic E-state index is 0.243. The van der Waals surface area contributed by atoms with Crippen molar-refractivity contribution in [1.82, 2.24) is 10.2 Å². The number of hydrogen-bond donors (Lipinski definition) is 2. The number of rotatable bonds is 9. The lowest BCUT2D eigenvalue weighted by molar-refractivity contribution is 0.195. The van der Waals surface area contributed by atoms with Gasteiger partial charge in [0, 0.05) is 19.1 Å². The molecule has 92 valence electrons. The van der Waals surface area contributed by atoms with E-state index in [-0.39, 0.29) is 12.6 Å². The van der Waals surface area contributed by atoms with Crippen molar-refractivity contribution in [1.29, 1.82) is 0 Å². The summed E-state index contributed by atoms with van der Waals surface area (Å²) in [6.45, 7) is 13.2. The molecule has 0 amide bonds. The summed E-state index contributed by atoms with van der Waals surface area (Å²) < 4.78 is 0. The van der Waals surface area contributed by atoms with Gasteiger partial charge in [-0.3, -0.25) is 0 Å². The van der Waals surface area contributed by atoms with Gasteiger partial charge in [-0.2, -0.15) is 0 Å². The quantitative estimate of drug-likeness (QED) is 0.610. The lowest BCUT2D eigenvalue weighted by Crippen LogP contribution is -2.42. The van der Waals surface area contributed by atoms with Gasteiger partial charge in [0.15, 0.2) is 0 Å². The Hall–Kier alpha value is -0.120. The zero-order valence-electron chi connectivity index (χ0n) is 10.8. The molecule has 0 aromatic heterocycles. The normalized spacial score (nSPS) is 15.6. The number of nitrogens with zero attached hydrogens (tertiary/aromatic N) is 1. The molecule has 0 rings (SSSR count). The first-order chi connectivity index (χ1) is 7.19. The molecule has 0 aliphatic rings. The van der Waals surface area contributed by atoms with E-state index in [1.54, 1.807) is 0 Å². The Morgan fingerprint density at radius 3 is 2.20 bits per heavy atom. The second kappa shape index (κ2) is 9.13. The predicted octanol–water partition coefficient (Wildman–Crippen LogP) is 1.32. The summed E-state index contributed by atoms with van der Waals surface area (Å²) in [5, 5.41) is 12.7. The highest BCUT2D eigenvalue weighted by molar-refractivity contribution is 4.72. The highest BCUT2D eigenvalue weighted by Crippen LogP contribution is 2.06. The lowest BCUT2D eigenvalue weighted by Gasteiger charge is -2.24. The third-order valence-corrected chi connectivity index (χ3v) is 3.26. The molecule has 0 saturated carbocycles. The number of aliphatic hydroxyl groups excluding tert-OH is 1. The minimum absolute atomic E-state index is 0.243. The fourth-order valence-corrected chi connectivity index (χ4v) is 1.68. The van der Waals surface area contributed by atoms with Crippen LogP contribution in [0.3, 0.4) is 0 Å². The average molecular weight is 216 g/mol. The Balaban J connectivity index is 3.71. The van der Waals surface area contributed by atoms with Gasteiger partial charge in [0.1, 0.15) is 0 Å². The summed E-state index contributed by atoms with van der Waals surface area (Å²) in [5.41, 5.74) is 0. The van der Waals surface area contributed by atoms with E-state index >= 15 is 0 Å². The van der Waals surface area contributed by atoms with Gasteiger partial charge >= 0.3 is 0 Å². The van der Waals surface area contributed by atoms with Crippen molar-refractivity contribution < 1.29 is 5.11 Å². The second-order valence-electron chi connectivity index (χ2n) is 4.16. The van der Waals surface area contributed by atoms with Crippen LogP contribution < -0.4 is 5.32 Å². The maximum Gasteiger partial charge on any atom is 0.0587 e. The van der Waals surface area contributed by atoms with Crippen LogP contribution in [0.25, 0.3) is 0 Å². The summed E-state index contributed by atoms with van der Waals surface area (Å²) in [6, 6.07) is 0.255. The van der Waals surface area contributed by atoms with E-state index in [4.69, 9.17) is 0 Å². The van der Waals surface area contributed by atoms with Crippen LogP contribution in [-0.2, 0) is 0 Å². The van der Waals surface area contributed by atoms with Crippen molar-refractivity contribution in [2.75, 3.05) is 32.8 Å². The molecule has 0 spiro atoms. The second-order valence-corrected chi connectivity index (χ2v) is 4.16. The fourth-order valence-electron chi connectivity index (χ4n) is 1.68. The summed E-state index contributed by atoms with van der Waals surface area (Å²) in [5.74, 6) is 0.548. The van der Waals surface area contributed by atoms with Crippen LogP contribution >= 0.6 is 0 Å². The van der Waals surface area contributed by atoms with Gasteiger partial charge in [0.05, 0.1) is 6.61 Å². The van der Waals surface area contributed by atoms with Gasteiger partial charge < -0.3 is 15.3 Å². The van der Waals surface area contributed by atoms with Crippen molar-refractivity contribution in [3.8, 4) is 0 Å². The Bertz CT molecular complexity index is 138. The van der Waals surface area contributed by atoms with Crippen molar-refractivity contribution in [3.05, 3.63) is 0 Å². The smallest absolute Gasteiger partial charge is 0.0587 e. The number of likely N-dealkylation sites (N-methyl/N-ethyl adjacent to an activating group) is 1. The number of hydrogen-bond acceptors (Lipinski definition) is 3. The van der Waals surface area contributed by atoms with Gasteiger partial charge in [0.25, 0.3) is 0 Å². The predicted molar refractivity (Wildman–Crippen MR) is 66.1 cm³/mol.